The standard InChI is InChI=1S/C68H125N2O7P/c1-7-10-13-16-19-22-25-28-30-32-33-34-35-36-37-39-41-43-46-49-52-55-58-61-68(72)77-66(59-56-53-50-47-44-27-24-21-18-15-12-9-3)65(64-76-78(73,74)75-63-62-70(4,5)6)69-67(71)60-57-54-51-48-45-42-40-38-31-29-26-23-20-17-14-11-8-2/h19-20,22-23,28-31,33-34,56,59,65-66H,7-18,21,24-27,32,35-55,57-58,60-64H2,1-6H3,(H-,69,71,73,74)/p+1/b22-19-,23-20-,30-28-,31-29-,34-33-,59-56-. The fraction of sp³-hybridized carbons (Fsp3) is 0.794. The van der Waals surface area contributed by atoms with Gasteiger partial charge in [-0.15, -0.1) is 0 Å². The fourth-order valence-corrected chi connectivity index (χ4v) is 10.0. The van der Waals surface area contributed by atoms with E-state index in [2.05, 4.69) is 86.8 Å². The van der Waals surface area contributed by atoms with Crippen LogP contribution in [-0.4, -0.2) is 74.3 Å². The number of likely N-dealkylation sites (N-methyl/N-ethyl adjacent to an activating group) is 1. The topological polar surface area (TPSA) is 111 Å². The first-order valence-corrected chi connectivity index (χ1v) is 34.3. The normalized spacial score (nSPS) is 14.1. The highest BCUT2D eigenvalue weighted by Crippen LogP contribution is 2.43. The number of carbonyl (C=O) groups is 2. The SMILES string of the molecule is CCCCC/C=C\C/C=C\C/C=C\CCCCCCCCCCCCC(=O)OC(/C=C\CCCCCCCCCCCC)C(COP(=O)(O)OCC[N+](C)(C)C)NC(=O)CCCCCCCCC/C=C\C/C=C\CCCCC. The van der Waals surface area contributed by atoms with Crippen LogP contribution in [0, 0.1) is 0 Å². The summed E-state index contributed by atoms with van der Waals surface area (Å²) in [4.78, 5) is 37.8. The highest BCUT2D eigenvalue weighted by molar-refractivity contribution is 7.47. The number of esters is 1. The molecule has 0 radical (unpaired) electrons. The molecular formula is C68H126N2O7P+. The van der Waals surface area contributed by atoms with Gasteiger partial charge in [-0.1, -0.05) is 255 Å². The van der Waals surface area contributed by atoms with Gasteiger partial charge in [0, 0.05) is 12.8 Å². The zero-order valence-electron chi connectivity index (χ0n) is 51.9. The Kier molecular flexibility index (Phi) is 55.8. The van der Waals surface area contributed by atoms with Gasteiger partial charge in [0.1, 0.15) is 19.3 Å². The largest absolute Gasteiger partial charge is 0.472 e. The molecule has 454 valence electrons. The molecular weight excluding hydrogens is 988 g/mol. The van der Waals surface area contributed by atoms with Crippen LogP contribution in [0.4, 0.5) is 0 Å². The molecule has 2 N–H and O–H groups in total. The number of ether oxygens (including phenoxy) is 1. The highest BCUT2D eigenvalue weighted by Gasteiger charge is 2.30. The Bertz CT molecular complexity index is 1570. The van der Waals surface area contributed by atoms with Gasteiger partial charge in [-0.25, -0.2) is 4.57 Å². The van der Waals surface area contributed by atoms with Gasteiger partial charge >= 0.3 is 13.8 Å². The van der Waals surface area contributed by atoms with Crippen LogP contribution >= 0.6 is 7.82 Å². The third-order valence-electron chi connectivity index (χ3n) is 14.4. The molecule has 3 atom stereocenters. The smallest absolute Gasteiger partial charge is 0.456 e. The third kappa shape index (κ3) is 58.1. The van der Waals surface area contributed by atoms with E-state index < -0.39 is 20.0 Å². The molecule has 0 saturated carbocycles. The molecule has 0 heterocycles. The van der Waals surface area contributed by atoms with Crippen LogP contribution in [0.25, 0.3) is 0 Å². The average molecular weight is 1110 g/mol. The van der Waals surface area contributed by atoms with E-state index in [0.29, 0.717) is 17.4 Å². The van der Waals surface area contributed by atoms with E-state index in [0.717, 1.165) is 89.9 Å². The number of amides is 1. The molecule has 0 aliphatic carbocycles. The molecule has 0 rings (SSSR count). The second-order valence-electron chi connectivity index (χ2n) is 23.3. The van der Waals surface area contributed by atoms with E-state index >= 15 is 0 Å². The number of nitrogens with one attached hydrogen (secondary N) is 1. The minimum Gasteiger partial charge on any atom is -0.456 e. The van der Waals surface area contributed by atoms with Crippen LogP contribution in [0.3, 0.4) is 0 Å². The first-order valence-electron chi connectivity index (χ1n) is 32.8. The van der Waals surface area contributed by atoms with Crippen molar-refractivity contribution in [1.29, 1.82) is 0 Å². The zero-order valence-corrected chi connectivity index (χ0v) is 52.8. The van der Waals surface area contributed by atoms with Crippen LogP contribution in [0.15, 0.2) is 72.9 Å². The quantitative estimate of drug-likeness (QED) is 0.0205. The minimum absolute atomic E-state index is 0.0361. The maximum atomic E-state index is 13.6. The van der Waals surface area contributed by atoms with E-state index in [-0.39, 0.29) is 31.5 Å². The maximum Gasteiger partial charge on any atom is 0.472 e. The van der Waals surface area contributed by atoms with E-state index in [1.165, 1.54) is 173 Å². The second kappa shape index (κ2) is 57.7. The predicted molar refractivity (Wildman–Crippen MR) is 337 cm³/mol. The monoisotopic (exact) mass is 1110 g/mol. The molecule has 0 aromatic carbocycles. The molecule has 3 unspecified atom stereocenters. The number of allylic oxidation sites excluding steroid dienone is 11. The number of nitrogens with zero attached hydrogens (tertiary/aromatic N) is 1. The first-order chi connectivity index (χ1) is 37.9. The van der Waals surface area contributed by atoms with Gasteiger partial charge in [-0.2, -0.15) is 0 Å². The molecule has 0 aliphatic heterocycles. The number of hydrogen-bond acceptors (Lipinski definition) is 6. The van der Waals surface area contributed by atoms with Crippen molar-refractivity contribution in [3.8, 4) is 0 Å². The van der Waals surface area contributed by atoms with E-state index in [1.54, 1.807) is 0 Å². The molecule has 0 aliphatic rings. The summed E-state index contributed by atoms with van der Waals surface area (Å²) < 4.78 is 30.7. The fourth-order valence-electron chi connectivity index (χ4n) is 9.27. The van der Waals surface area contributed by atoms with E-state index in [4.69, 9.17) is 13.8 Å². The number of rotatable bonds is 59. The van der Waals surface area contributed by atoms with Gasteiger partial charge in [-0.05, 0) is 102 Å². The lowest BCUT2D eigenvalue weighted by Crippen LogP contribution is -2.47. The lowest BCUT2D eigenvalue weighted by molar-refractivity contribution is -0.870. The van der Waals surface area contributed by atoms with Crippen LogP contribution in [0.2, 0.25) is 0 Å². The summed E-state index contributed by atoms with van der Waals surface area (Å²) in [6, 6.07) is -0.856. The molecule has 0 aromatic heterocycles. The number of unbranched alkanes of at least 4 members (excludes halogenated alkanes) is 33. The van der Waals surface area contributed by atoms with Crippen molar-refractivity contribution >= 4 is 19.7 Å². The molecule has 0 spiro atoms. The van der Waals surface area contributed by atoms with Gasteiger partial charge in [0.2, 0.25) is 5.91 Å². The Hall–Kier alpha value is -2.55. The Morgan fingerprint density at radius 1 is 0.449 bits per heavy atom. The van der Waals surface area contributed by atoms with Crippen molar-refractivity contribution in [3.05, 3.63) is 72.9 Å². The minimum atomic E-state index is -4.45. The molecule has 78 heavy (non-hydrogen) atoms. The molecule has 9 nitrogen and oxygen atoms in total. The van der Waals surface area contributed by atoms with Crippen molar-refractivity contribution in [1.82, 2.24) is 5.32 Å². The molecule has 1 amide bonds. The van der Waals surface area contributed by atoms with Crippen molar-refractivity contribution in [2.75, 3.05) is 40.9 Å². The summed E-state index contributed by atoms with van der Waals surface area (Å²) in [5.74, 6) is -0.514. The van der Waals surface area contributed by atoms with Crippen molar-refractivity contribution < 1.29 is 37.3 Å². The summed E-state index contributed by atoms with van der Waals surface area (Å²) >= 11 is 0. The Balaban J connectivity index is 5.18. The van der Waals surface area contributed by atoms with Crippen LogP contribution < -0.4 is 5.32 Å². The summed E-state index contributed by atoms with van der Waals surface area (Å²) in [5.41, 5.74) is 0. The molecule has 0 fully saturated rings. The lowest BCUT2D eigenvalue weighted by Gasteiger charge is -2.27. The van der Waals surface area contributed by atoms with Gasteiger partial charge in [-0.3, -0.25) is 18.6 Å². The van der Waals surface area contributed by atoms with Gasteiger partial charge in [0.25, 0.3) is 0 Å². The number of carbonyl (C=O) groups excluding carboxylic acids is 2. The summed E-state index contributed by atoms with van der Waals surface area (Å²) in [7, 11) is 1.49. The lowest BCUT2D eigenvalue weighted by atomic mass is 10.0. The predicted octanol–water partition coefficient (Wildman–Crippen LogP) is 20.4. The molecule has 10 heteroatoms. The number of quaternary nitrogens is 1. The Morgan fingerprint density at radius 3 is 1.19 bits per heavy atom. The van der Waals surface area contributed by atoms with E-state index in [1.807, 2.05) is 33.3 Å². The van der Waals surface area contributed by atoms with Crippen molar-refractivity contribution in [3.63, 3.8) is 0 Å². The molecule has 0 saturated heterocycles. The average Bonchev–Trinajstić information content (AvgIpc) is 3.40. The van der Waals surface area contributed by atoms with Gasteiger partial charge < -0.3 is 19.4 Å². The Labute approximate surface area is 483 Å². The summed E-state index contributed by atoms with van der Waals surface area (Å²) in [6.07, 6.45) is 74.6. The van der Waals surface area contributed by atoms with Crippen molar-refractivity contribution in [2.24, 2.45) is 0 Å². The third-order valence-corrected chi connectivity index (χ3v) is 15.4. The zero-order chi connectivity index (χ0) is 57.2. The number of phosphoric ester groups is 1. The first kappa shape index (κ1) is 75.5. The molecule has 0 bridgehead atoms. The summed E-state index contributed by atoms with van der Waals surface area (Å²) in [5, 5.41) is 3.06. The highest BCUT2D eigenvalue weighted by atomic mass is 31.2. The molecule has 0 aromatic rings. The van der Waals surface area contributed by atoms with Gasteiger partial charge in [0.05, 0.1) is 33.8 Å². The number of phosphoric acid groups is 1. The Morgan fingerprint density at radius 2 is 0.782 bits per heavy atom. The van der Waals surface area contributed by atoms with E-state index in [9.17, 15) is 19.0 Å². The number of hydrogen-bond donors (Lipinski definition) is 2. The van der Waals surface area contributed by atoms with Crippen LogP contribution in [0.5, 0.6) is 0 Å². The second-order valence-corrected chi connectivity index (χ2v) is 24.7. The van der Waals surface area contributed by atoms with Crippen LogP contribution in [-0.2, 0) is 27.9 Å². The summed E-state index contributed by atoms with van der Waals surface area (Å²) in [6.45, 7) is 6.97. The van der Waals surface area contributed by atoms with Crippen LogP contribution in [0.1, 0.15) is 297 Å². The van der Waals surface area contributed by atoms with Crippen molar-refractivity contribution in [2.45, 2.75) is 309 Å². The van der Waals surface area contributed by atoms with Gasteiger partial charge in [0.15, 0.2) is 0 Å². The maximum absolute atomic E-state index is 13.6.